The van der Waals surface area contributed by atoms with Crippen molar-refractivity contribution in [3.8, 4) is 0 Å². The van der Waals surface area contributed by atoms with Crippen LogP contribution in [0.15, 0.2) is 47.0 Å². The molecule has 0 bridgehead atoms. The Labute approximate surface area is 189 Å². The number of aliphatic imine (C=N–C) groups is 1. The van der Waals surface area contributed by atoms with E-state index in [9.17, 15) is 0 Å². The Morgan fingerprint density at radius 1 is 1.00 bits per heavy atom. The maximum absolute atomic E-state index is 6.49. The van der Waals surface area contributed by atoms with Gasteiger partial charge >= 0.3 is 0 Å². The van der Waals surface area contributed by atoms with Crippen LogP contribution in [0.1, 0.15) is 36.4 Å². The normalized spacial score (nSPS) is 23.2. The molecule has 2 atom stereocenters. The van der Waals surface area contributed by atoms with Gasteiger partial charge in [0.15, 0.2) is 5.11 Å². The molecule has 0 spiro atoms. The zero-order valence-corrected chi connectivity index (χ0v) is 18.5. The van der Waals surface area contributed by atoms with Crippen LogP contribution in [0.2, 0.25) is 20.1 Å². The number of nitrogens with one attached hydrogen (secondary N) is 1. The van der Waals surface area contributed by atoms with Gasteiger partial charge in [0, 0.05) is 26.0 Å². The molecule has 7 heteroatoms. The fourth-order valence-corrected chi connectivity index (χ4v) is 5.08. The molecule has 2 aromatic rings. The minimum atomic E-state index is -0.0332. The summed E-state index contributed by atoms with van der Waals surface area (Å²) in [6.07, 6.45) is 5.08. The molecule has 1 fully saturated rings. The highest BCUT2D eigenvalue weighted by atomic mass is 35.5. The van der Waals surface area contributed by atoms with Crippen molar-refractivity contribution in [3.05, 3.63) is 73.2 Å². The first kappa shape index (κ1) is 20.2. The fraction of sp³-hybridized carbons (Fsp3) is 0.238. The van der Waals surface area contributed by atoms with Gasteiger partial charge in [-0.25, -0.2) is 4.99 Å². The van der Waals surface area contributed by atoms with E-state index < -0.39 is 0 Å². The number of benzene rings is 2. The minimum Gasteiger partial charge on any atom is -0.353 e. The number of hydrogen-bond acceptors (Lipinski definition) is 1. The highest BCUT2D eigenvalue weighted by Gasteiger charge is 2.36. The summed E-state index contributed by atoms with van der Waals surface area (Å²) in [5.74, 6) is 0.177. The zero-order chi connectivity index (χ0) is 19.8. The third kappa shape index (κ3) is 4.10. The van der Waals surface area contributed by atoms with Crippen LogP contribution >= 0.6 is 58.6 Å². The summed E-state index contributed by atoms with van der Waals surface area (Å²) < 4.78 is 0. The van der Waals surface area contributed by atoms with Crippen LogP contribution in [0.4, 0.5) is 0 Å². The van der Waals surface area contributed by atoms with Gasteiger partial charge in [0.25, 0.3) is 0 Å². The van der Waals surface area contributed by atoms with Gasteiger partial charge < -0.3 is 5.32 Å². The molecule has 0 radical (unpaired) electrons. The molecule has 1 aliphatic heterocycles. The molecule has 1 saturated carbocycles. The standard InChI is InChI=1S/C21H16Cl4N2S/c22-13-5-4-11(17(24)9-13)8-12-2-1-3-16-19(12)26-21(28)27-20(16)15-7-6-14(23)10-18(15)25/h4-10,16,20H,1-3H2,(H,27,28)/b12-8+/t16-,20+/m0/s1. The molecule has 0 saturated heterocycles. The summed E-state index contributed by atoms with van der Waals surface area (Å²) in [5, 5.41) is 6.29. The van der Waals surface area contributed by atoms with Gasteiger partial charge in [-0.3, -0.25) is 0 Å². The lowest BCUT2D eigenvalue weighted by atomic mass is 9.76. The Bertz CT molecular complexity index is 1020. The molecule has 1 N–H and O–H groups in total. The Morgan fingerprint density at radius 2 is 1.71 bits per heavy atom. The predicted octanol–water partition coefficient (Wildman–Crippen LogP) is 7.55. The topological polar surface area (TPSA) is 24.4 Å². The number of thiocarbonyl (C=S) groups is 1. The van der Waals surface area contributed by atoms with E-state index in [2.05, 4.69) is 16.4 Å². The van der Waals surface area contributed by atoms with Crippen molar-refractivity contribution in [1.29, 1.82) is 0 Å². The van der Waals surface area contributed by atoms with Crippen molar-refractivity contribution < 1.29 is 0 Å². The molecule has 2 aromatic carbocycles. The highest BCUT2D eigenvalue weighted by molar-refractivity contribution is 7.80. The second-order valence-electron chi connectivity index (χ2n) is 6.92. The molecule has 4 rings (SSSR count). The molecule has 2 nitrogen and oxygen atoms in total. The van der Waals surface area contributed by atoms with Crippen molar-refractivity contribution in [1.82, 2.24) is 5.32 Å². The molecule has 1 heterocycles. The van der Waals surface area contributed by atoms with Crippen LogP contribution in [0, 0.1) is 5.92 Å². The lowest BCUT2D eigenvalue weighted by Crippen LogP contribution is -2.43. The average Bonchev–Trinajstić information content (AvgIpc) is 2.64. The van der Waals surface area contributed by atoms with E-state index in [1.807, 2.05) is 24.3 Å². The van der Waals surface area contributed by atoms with E-state index in [0.29, 0.717) is 25.2 Å². The number of allylic oxidation sites excluding steroid dienone is 1. The number of rotatable bonds is 2. The molecule has 144 valence electrons. The average molecular weight is 470 g/mol. The van der Waals surface area contributed by atoms with Gasteiger partial charge in [-0.2, -0.15) is 0 Å². The van der Waals surface area contributed by atoms with Crippen LogP contribution in [0.25, 0.3) is 6.08 Å². The number of hydrogen-bond donors (Lipinski definition) is 1. The predicted molar refractivity (Wildman–Crippen MR) is 124 cm³/mol. The largest absolute Gasteiger partial charge is 0.353 e. The second-order valence-corrected chi connectivity index (χ2v) is 9.00. The van der Waals surface area contributed by atoms with Crippen molar-refractivity contribution >= 4 is 75.5 Å². The summed E-state index contributed by atoms with van der Waals surface area (Å²) in [6, 6.07) is 11.1. The van der Waals surface area contributed by atoms with Crippen molar-refractivity contribution in [2.45, 2.75) is 25.3 Å². The number of fused-ring (bicyclic) bond motifs is 1. The quantitative estimate of drug-likeness (QED) is 0.459. The van der Waals surface area contributed by atoms with Gasteiger partial charge in [-0.05, 0) is 78.5 Å². The maximum atomic E-state index is 6.49. The van der Waals surface area contributed by atoms with Gasteiger partial charge in [-0.15, -0.1) is 0 Å². The SMILES string of the molecule is S=C1N=C2/C(=C/c3ccc(Cl)cc3Cl)CCC[C@@H]2[C@@H](c2ccc(Cl)cc2Cl)N1. The van der Waals surface area contributed by atoms with Gasteiger partial charge in [0.2, 0.25) is 0 Å². The lowest BCUT2D eigenvalue weighted by Gasteiger charge is -2.38. The van der Waals surface area contributed by atoms with Crippen molar-refractivity contribution in [2.75, 3.05) is 0 Å². The summed E-state index contributed by atoms with van der Waals surface area (Å²) in [7, 11) is 0. The summed E-state index contributed by atoms with van der Waals surface area (Å²) in [4.78, 5) is 4.68. The highest BCUT2D eigenvalue weighted by Crippen LogP contribution is 2.41. The van der Waals surface area contributed by atoms with Gasteiger partial charge in [0.05, 0.1) is 11.8 Å². The first-order valence-electron chi connectivity index (χ1n) is 8.92. The Kier molecular flexibility index (Phi) is 6.01. The van der Waals surface area contributed by atoms with Crippen molar-refractivity contribution in [2.24, 2.45) is 10.9 Å². The molecule has 0 aromatic heterocycles. The lowest BCUT2D eigenvalue weighted by molar-refractivity contribution is 0.441. The minimum absolute atomic E-state index is 0.0332. The van der Waals surface area contributed by atoms with Crippen LogP contribution in [0.5, 0.6) is 0 Å². The Morgan fingerprint density at radius 3 is 2.43 bits per heavy atom. The first-order chi connectivity index (χ1) is 13.4. The molecule has 0 unspecified atom stereocenters. The molecule has 28 heavy (non-hydrogen) atoms. The zero-order valence-electron chi connectivity index (χ0n) is 14.7. The Hall–Kier alpha value is -1.10. The van der Waals surface area contributed by atoms with E-state index >= 15 is 0 Å². The van der Waals surface area contributed by atoms with Crippen molar-refractivity contribution in [3.63, 3.8) is 0 Å². The van der Waals surface area contributed by atoms with Gasteiger partial charge in [0.1, 0.15) is 0 Å². The molecule has 2 aliphatic rings. The van der Waals surface area contributed by atoms with Crippen LogP contribution in [0.3, 0.4) is 0 Å². The van der Waals surface area contributed by atoms with Crippen LogP contribution in [-0.4, -0.2) is 10.8 Å². The molecule has 1 aliphatic carbocycles. The third-order valence-corrected chi connectivity index (χ3v) is 6.47. The van der Waals surface area contributed by atoms with Crippen LogP contribution < -0.4 is 5.32 Å². The van der Waals surface area contributed by atoms with E-state index in [-0.39, 0.29) is 12.0 Å². The van der Waals surface area contributed by atoms with Gasteiger partial charge in [-0.1, -0.05) is 58.5 Å². The smallest absolute Gasteiger partial charge is 0.193 e. The van der Waals surface area contributed by atoms with E-state index in [0.717, 1.165) is 41.7 Å². The second kappa shape index (κ2) is 8.33. The molecular formula is C21H16Cl4N2S. The van der Waals surface area contributed by atoms with E-state index in [1.165, 1.54) is 0 Å². The summed E-state index contributed by atoms with van der Waals surface area (Å²) in [5.41, 5.74) is 4.07. The van der Waals surface area contributed by atoms with E-state index in [1.54, 1.807) is 12.1 Å². The molecular weight excluding hydrogens is 454 g/mol. The monoisotopic (exact) mass is 468 g/mol. The molecule has 0 amide bonds. The fourth-order valence-electron chi connectivity index (χ4n) is 3.87. The van der Waals surface area contributed by atoms with Crippen LogP contribution in [-0.2, 0) is 0 Å². The maximum Gasteiger partial charge on any atom is 0.193 e. The summed E-state index contributed by atoms with van der Waals surface area (Å²) in [6.45, 7) is 0. The first-order valence-corrected chi connectivity index (χ1v) is 10.8. The number of nitrogens with zero attached hydrogens (tertiary/aromatic N) is 1. The number of halogens is 4. The summed E-state index contributed by atoms with van der Waals surface area (Å²) >= 11 is 30.4. The Balaban J connectivity index is 1.74. The van der Waals surface area contributed by atoms with E-state index in [4.69, 9.17) is 58.6 Å². The third-order valence-electron chi connectivity index (χ3n) is 5.13.